The molecule has 0 aliphatic heterocycles. The highest BCUT2D eigenvalue weighted by atomic mass is 35.5. The van der Waals surface area contributed by atoms with Crippen molar-refractivity contribution in [2.45, 2.75) is 19.8 Å². The minimum Gasteiger partial charge on any atom is -0.361 e. The normalized spacial score (nSPS) is 11.7. The highest BCUT2D eigenvalue weighted by Gasteiger charge is 2.05. The molecule has 6 heteroatoms. The molecule has 2 heterocycles. The van der Waals surface area contributed by atoms with Gasteiger partial charge in [-0.15, -0.1) is 0 Å². The standard InChI is InChI=1S/C20H24ClN5/c1-2-22-20(25-12-9-17-5-3-4-10-23-17)24-11-8-15-14-26-19-7-6-16(21)13-18(15)19/h3-7,10,13-14,26H,2,8-9,11-12H2,1H3,(H2,22,24,25). The molecule has 0 radical (unpaired) electrons. The van der Waals surface area contributed by atoms with Crippen LogP contribution in [0.3, 0.4) is 0 Å². The second kappa shape index (κ2) is 9.25. The summed E-state index contributed by atoms with van der Waals surface area (Å²) in [5, 5.41) is 8.62. The summed E-state index contributed by atoms with van der Waals surface area (Å²) in [5.74, 6) is 0.835. The maximum Gasteiger partial charge on any atom is 0.191 e. The van der Waals surface area contributed by atoms with E-state index in [4.69, 9.17) is 11.6 Å². The van der Waals surface area contributed by atoms with E-state index in [0.29, 0.717) is 6.54 Å². The molecule has 0 amide bonds. The summed E-state index contributed by atoms with van der Waals surface area (Å²) in [4.78, 5) is 12.3. The van der Waals surface area contributed by atoms with E-state index in [2.05, 4.69) is 32.5 Å². The molecule has 0 aliphatic rings. The molecule has 2 aromatic heterocycles. The molecule has 3 N–H and O–H groups in total. The van der Waals surface area contributed by atoms with E-state index in [1.807, 2.05) is 48.8 Å². The minimum absolute atomic E-state index is 0.703. The van der Waals surface area contributed by atoms with E-state index in [9.17, 15) is 0 Å². The van der Waals surface area contributed by atoms with Gasteiger partial charge in [-0.05, 0) is 49.2 Å². The van der Waals surface area contributed by atoms with Crippen LogP contribution < -0.4 is 10.6 Å². The second-order valence-corrected chi connectivity index (χ2v) is 6.45. The number of hydrogen-bond donors (Lipinski definition) is 3. The van der Waals surface area contributed by atoms with Crippen molar-refractivity contribution in [3.05, 3.63) is 65.1 Å². The summed E-state index contributed by atoms with van der Waals surface area (Å²) in [6.45, 7) is 4.40. The van der Waals surface area contributed by atoms with E-state index in [0.717, 1.165) is 48.1 Å². The molecule has 0 fully saturated rings. The Balaban J connectivity index is 1.54. The van der Waals surface area contributed by atoms with Crippen LogP contribution in [0.15, 0.2) is 53.8 Å². The predicted octanol–water partition coefficient (Wildman–Crippen LogP) is 3.56. The fraction of sp³-hybridized carbons (Fsp3) is 0.300. The van der Waals surface area contributed by atoms with Gasteiger partial charge in [0.25, 0.3) is 0 Å². The van der Waals surface area contributed by atoms with Gasteiger partial charge in [0, 0.05) is 60.1 Å². The lowest BCUT2D eigenvalue weighted by Crippen LogP contribution is -2.38. The van der Waals surface area contributed by atoms with E-state index in [1.165, 1.54) is 10.9 Å². The number of halogens is 1. The van der Waals surface area contributed by atoms with Gasteiger partial charge in [0.2, 0.25) is 0 Å². The number of pyridine rings is 1. The summed E-state index contributed by atoms with van der Waals surface area (Å²) in [5.41, 5.74) is 3.42. The van der Waals surface area contributed by atoms with Crippen LogP contribution in [0.2, 0.25) is 5.02 Å². The highest BCUT2D eigenvalue weighted by molar-refractivity contribution is 6.31. The largest absolute Gasteiger partial charge is 0.361 e. The Morgan fingerprint density at radius 3 is 2.92 bits per heavy atom. The molecule has 5 nitrogen and oxygen atoms in total. The first kappa shape index (κ1) is 18.3. The molecular formula is C20H24ClN5. The summed E-state index contributed by atoms with van der Waals surface area (Å²) >= 11 is 6.12. The third-order valence-corrected chi connectivity index (χ3v) is 4.36. The number of benzene rings is 1. The topological polar surface area (TPSA) is 65.1 Å². The van der Waals surface area contributed by atoms with Crippen molar-refractivity contribution in [1.29, 1.82) is 0 Å². The zero-order chi connectivity index (χ0) is 18.2. The molecular weight excluding hydrogens is 346 g/mol. The van der Waals surface area contributed by atoms with Crippen LogP contribution in [0.5, 0.6) is 0 Å². The fourth-order valence-corrected chi connectivity index (χ4v) is 3.02. The molecule has 136 valence electrons. The number of H-pyrrole nitrogens is 1. The molecule has 0 saturated carbocycles. The molecule has 0 aliphatic carbocycles. The van der Waals surface area contributed by atoms with Crippen LogP contribution in [0.1, 0.15) is 18.2 Å². The Hall–Kier alpha value is -2.53. The number of nitrogens with one attached hydrogen (secondary N) is 3. The van der Waals surface area contributed by atoms with Crippen LogP contribution in [0.25, 0.3) is 10.9 Å². The number of guanidine groups is 1. The maximum atomic E-state index is 6.12. The number of aromatic amines is 1. The maximum absolute atomic E-state index is 6.12. The monoisotopic (exact) mass is 369 g/mol. The van der Waals surface area contributed by atoms with Crippen molar-refractivity contribution in [3.8, 4) is 0 Å². The molecule has 0 saturated heterocycles. The zero-order valence-corrected chi connectivity index (χ0v) is 15.7. The van der Waals surface area contributed by atoms with Crippen LogP contribution >= 0.6 is 11.6 Å². The van der Waals surface area contributed by atoms with Crippen LogP contribution in [0, 0.1) is 0 Å². The lowest BCUT2D eigenvalue weighted by molar-refractivity contribution is 0.796. The first-order chi connectivity index (χ1) is 12.8. The Morgan fingerprint density at radius 2 is 2.12 bits per heavy atom. The van der Waals surface area contributed by atoms with Crippen LogP contribution in [-0.4, -0.2) is 35.6 Å². The van der Waals surface area contributed by atoms with Crippen LogP contribution in [-0.2, 0) is 12.8 Å². The third-order valence-electron chi connectivity index (χ3n) is 4.12. The number of rotatable bonds is 7. The number of fused-ring (bicyclic) bond motifs is 1. The van der Waals surface area contributed by atoms with E-state index < -0.39 is 0 Å². The number of hydrogen-bond acceptors (Lipinski definition) is 2. The summed E-state index contributed by atoms with van der Waals surface area (Å²) < 4.78 is 0. The Kier molecular flexibility index (Phi) is 6.50. The fourth-order valence-electron chi connectivity index (χ4n) is 2.84. The van der Waals surface area contributed by atoms with Crippen molar-refractivity contribution in [1.82, 2.24) is 20.6 Å². The van der Waals surface area contributed by atoms with E-state index in [-0.39, 0.29) is 0 Å². The predicted molar refractivity (Wildman–Crippen MR) is 109 cm³/mol. The summed E-state index contributed by atoms with van der Waals surface area (Å²) in [6.07, 6.45) is 5.59. The van der Waals surface area contributed by atoms with Crippen molar-refractivity contribution in [3.63, 3.8) is 0 Å². The van der Waals surface area contributed by atoms with Gasteiger partial charge in [0.05, 0.1) is 0 Å². The van der Waals surface area contributed by atoms with Crippen LogP contribution in [0.4, 0.5) is 0 Å². The Bertz CT molecular complexity index is 857. The van der Waals surface area contributed by atoms with Crippen molar-refractivity contribution in [2.75, 3.05) is 19.6 Å². The smallest absolute Gasteiger partial charge is 0.191 e. The lowest BCUT2D eigenvalue weighted by Gasteiger charge is -2.11. The first-order valence-corrected chi connectivity index (χ1v) is 9.31. The molecule has 0 spiro atoms. The van der Waals surface area contributed by atoms with E-state index in [1.54, 1.807) is 0 Å². The highest BCUT2D eigenvalue weighted by Crippen LogP contribution is 2.22. The molecule has 26 heavy (non-hydrogen) atoms. The first-order valence-electron chi connectivity index (χ1n) is 8.94. The Labute approximate surface area is 158 Å². The molecule has 0 atom stereocenters. The van der Waals surface area contributed by atoms with Gasteiger partial charge in [-0.2, -0.15) is 0 Å². The number of aromatic nitrogens is 2. The van der Waals surface area contributed by atoms with Gasteiger partial charge in [0.15, 0.2) is 5.96 Å². The SMILES string of the molecule is CCNC(=NCCc1ccccn1)NCCc1c[nH]c2ccc(Cl)cc12. The second-order valence-electron chi connectivity index (χ2n) is 6.01. The lowest BCUT2D eigenvalue weighted by atomic mass is 10.1. The minimum atomic E-state index is 0.703. The third kappa shape index (κ3) is 4.99. The molecule has 3 aromatic rings. The van der Waals surface area contributed by atoms with Gasteiger partial charge >= 0.3 is 0 Å². The van der Waals surface area contributed by atoms with Crippen molar-refractivity contribution < 1.29 is 0 Å². The summed E-state index contributed by atoms with van der Waals surface area (Å²) in [7, 11) is 0. The van der Waals surface area contributed by atoms with Gasteiger partial charge in [0.1, 0.15) is 0 Å². The zero-order valence-electron chi connectivity index (χ0n) is 14.9. The molecule has 3 rings (SSSR count). The van der Waals surface area contributed by atoms with Gasteiger partial charge < -0.3 is 15.6 Å². The van der Waals surface area contributed by atoms with Crippen molar-refractivity contribution >= 4 is 28.5 Å². The average Bonchev–Trinajstić information content (AvgIpc) is 3.05. The molecule has 1 aromatic carbocycles. The Morgan fingerprint density at radius 1 is 1.19 bits per heavy atom. The van der Waals surface area contributed by atoms with Gasteiger partial charge in [-0.1, -0.05) is 17.7 Å². The van der Waals surface area contributed by atoms with E-state index >= 15 is 0 Å². The van der Waals surface area contributed by atoms with Gasteiger partial charge in [-0.25, -0.2) is 0 Å². The number of aliphatic imine (C=N–C) groups is 1. The molecule has 0 bridgehead atoms. The van der Waals surface area contributed by atoms with Gasteiger partial charge in [-0.3, -0.25) is 9.98 Å². The molecule has 0 unspecified atom stereocenters. The average molecular weight is 370 g/mol. The quantitative estimate of drug-likeness (QED) is 0.440. The number of nitrogens with zero attached hydrogens (tertiary/aromatic N) is 2. The van der Waals surface area contributed by atoms with Crippen molar-refractivity contribution in [2.24, 2.45) is 4.99 Å². The summed E-state index contributed by atoms with van der Waals surface area (Å²) in [6, 6.07) is 11.9.